The van der Waals surface area contributed by atoms with Crippen molar-refractivity contribution in [1.82, 2.24) is 28.6 Å². The van der Waals surface area contributed by atoms with Crippen molar-refractivity contribution in [3.05, 3.63) is 62.7 Å². The summed E-state index contributed by atoms with van der Waals surface area (Å²) < 4.78 is 4.46. The van der Waals surface area contributed by atoms with Crippen LogP contribution in [0.1, 0.15) is 29.9 Å². The SMILES string of the molecule is Cc1cccc2c(C3CCN(CCn4cnc5c4c(=O)n(C)c(=O)n5C)CC3)c[nH]c12. The van der Waals surface area contributed by atoms with Gasteiger partial charge in [0, 0.05) is 44.3 Å². The van der Waals surface area contributed by atoms with Crippen molar-refractivity contribution in [2.45, 2.75) is 32.2 Å². The van der Waals surface area contributed by atoms with Crippen LogP contribution in [0.5, 0.6) is 0 Å². The molecule has 1 aromatic carbocycles. The molecule has 0 amide bonds. The van der Waals surface area contributed by atoms with Gasteiger partial charge in [-0.1, -0.05) is 18.2 Å². The number of imidazole rings is 1. The Morgan fingerprint density at radius 3 is 2.65 bits per heavy atom. The quantitative estimate of drug-likeness (QED) is 0.548. The number of nitrogens with one attached hydrogen (secondary N) is 1. The predicted octanol–water partition coefficient (Wildman–Crippen LogP) is 2.10. The first-order valence-electron chi connectivity index (χ1n) is 10.9. The topological polar surface area (TPSA) is 80.8 Å². The number of nitrogens with zero attached hydrogens (tertiary/aromatic N) is 5. The first kappa shape index (κ1) is 19.8. The zero-order valence-corrected chi connectivity index (χ0v) is 18.3. The van der Waals surface area contributed by atoms with Crippen LogP contribution in [0.3, 0.4) is 0 Å². The van der Waals surface area contributed by atoms with Gasteiger partial charge in [0.15, 0.2) is 11.2 Å². The van der Waals surface area contributed by atoms with Crippen molar-refractivity contribution in [3.8, 4) is 0 Å². The number of para-hydroxylation sites is 1. The van der Waals surface area contributed by atoms with E-state index in [0.29, 0.717) is 23.6 Å². The van der Waals surface area contributed by atoms with Crippen molar-refractivity contribution in [2.75, 3.05) is 19.6 Å². The Kier molecular flexibility index (Phi) is 4.81. The van der Waals surface area contributed by atoms with Crippen LogP contribution in [0.15, 0.2) is 40.3 Å². The average molecular weight is 421 g/mol. The summed E-state index contributed by atoms with van der Waals surface area (Å²) in [7, 11) is 3.16. The van der Waals surface area contributed by atoms with E-state index in [2.05, 4.69) is 46.2 Å². The van der Waals surface area contributed by atoms with Gasteiger partial charge in [-0.25, -0.2) is 9.78 Å². The molecular weight excluding hydrogens is 392 g/mol. The van der Waals surface area contributed by atoms with Gasteiger partial charge in [-0.2, -0.15) is 0 Å². The molecule has 0 saturated carbocycles. The van der Waals surface area contributed by atoms with E-state index in [0.717, 1.165) is 37.0 Å². The van der Waals surface area contributed by atoms with Gasteiger partial charge < -0.3 is 14.5 Å². The molecule has 31 heavy (non-hydrogen) atoms. The van der Waals surface area contributed by atoms with E-state index in [1.807, 2.05) is 4.57 Å². The molecule has 0 radical (unpaired) electrons. The smallest absolute Gasteiger partial charge is 0.332 e. The van der Waals surface area contributed by atoms with E-state index in [1.165, 1.54) is 33.6 Å². The lowest BCUT2D eigenvalue weighted by molar-refractivity contribution is 0.206. The fraction of sp³-hybridized carbons (Fsp3) is 0.435. The molecule has 162 valence electrons. The molecule has 1 aliphatic heterocycles. The Balaban J connectivity index is 1.28. The number of H-pyrrole nitrogens is 1. The summed E-state index contributed by atoms with van der Waals surface area (Å²) in [6, 6.07) is 6.51. The first-order valence-corrected chi connectivity index (χ1v) is 10.9. The number of aromatic amines is 1. The molecular formula is C23H28N6O2. The fourth-order valence-corrected chi connectivity index (χ4v) is 4.95. The lowest BCUT2D eigenvalue weighted by Gasteiger charge is -2.32. The second kappa shape index (κ2) is 7.53. The number of fused-ring (bicyclic) bond motifs is 2. The molecule has 5 rings (SSSR count). The molecule has 0 aliphatic carbocycles. The summed E-state index contributed by atoms with van der Waals surface area (Å²) in [4.78, 5) is 35.0. The van der Waals surface area contributed by atoms with Gasteiger partial charge >= 0.3 is 5.69 Å². The Morgan fingerprint density at radius 2 is 1.87 bits per heavy atom. The lowest BCUT2D eigenvalue weighted by Crippen LogP contribution is -2.38. The summed E-state index contributed by atoms with van der Waals surface area (Å²) in [5.41, 5.74) is 4.28. The largest absolute Gasteiger partial charge is 0.361 e. The summed E-state index contributed by atoms with van der Waals surface area (Å²) in [6.45, 7) is 5.76. The third-order valence-electron chi connectivity index (χ3n) is 6.86. The molecule has 3 aromatic heterocycles. The molecule has 4 heterocycles. The van der Waals surface area contributed by atoms with Crippen molar-refractivity contribution >= 4 is 22.1 Å². The fourth-order valence-electron chi connectivity index (χ4n) is 4.95. The number of piperidine rings is 1. The Bertz CT molecular complexity index is 1380. The van der Waals surface area contributed by atoms with Crippen molar-refractivity contribution in [3.63, 3.8) is 0 Å². The van der Waals surface area contributed by atoms with E-state index >= 15 is 0 Å². The summed E-state index contributed by atoms with van der Waals surface area (Å²) in [6.07, 6.45) is 6.12. The minimum Gasteiger partial charge on any atom is -0.361 e. The van der Waals surface area contributed by atoms with Gasteiger partial charge in [-0.3, -0.25) is 13.9 Å². The van der Waals surface area contributed by atoms with Crippen LogP contribution >= 0.6 is 0 Å². The number of benzene rings is 1. The molecule has 1 N–H and O–H groups in total. The first-order chi connectivity index (χ1) is 15.0. The summed E-state index contributed by atoms with van der Waals surface area (Å²) in [5, 5.41) is 1.35. The Labute approximate surface area is 179 Å². The molecule has 0 bridgehead atoms. The van der Waals surface area contributed by atoms with Crippen LogP contribution in [0, 0.1) is 6.92 Å². The highest BCUT2D eigenvalue weighted by molar-refractivity contribution is 5.86. The van der Waals surface area contributed by atoms with Gasteiger partial charge in [0.25, 0.3) is 5.56 Å². The monoisotopic (exact) mass is 420 g/mol. The minimum atomic E-state index is -0.350. The Morgan fingerprint density at radius 1 is 1.10 bits per heavy atom. The number of hydrogen-bond donors (Lipinski definition) is 1. The molecule has 8 nitrogen and oxygen atoms in total. The van der Waals surface area contributed by atoms with E-state index in [-0.39, 0.29) is 11.2 Å². The molecule has 0 spiro atoms. The average Bonchev–Trinajstić information content (AvgIpc) is 3.41. The lowest BCUT2D eigenvalue weighted by atomic mass is 9.89. The molecule has 8 heteroatoms. The van der Waals surface area contributed by atoms with Crippen molar-refractivity contribution in [1.29, 1.82) is 0 Å². The van der Waals surface area contributed by atoms with Gasteiger partial charge in [-0.05, 0) is 49.9 Å². The van der Waals surface area contributed by atoms with Crippen LogP contribution in [0.25, 0.3) is 22.1 Å². The maximum absolute atomic E-state index is 12.6. The Hall–Kier alpha value is -3.13. The number of hydrogen-bond acceptors (Lipinski definition) is 4. The molecule has 4 aromatic rings. The normalized spacial score (nSPS) is 16.0. The van der Waals surface area contributed by atoms with Crippen molar-refractivity contribution < 1.29 is 0 Å². The third-order valence-corrected chi connectivity index (χ3v) is 6.86. The highest BCUT2D eigenvalue weighted by Gasteiger charge is 2.23. The van der Waals surface area contributed by atoms with Crippen molar-refractivity contribution in [2.24, 2.45) is 14.1 Å². The zero-order valence-electron chi connectivity index (χ0n) is 18.3. The second-order valence-corrected chi connectivity index (χ2v) is 8.67. The number of likely N-dealkylation sites (tertiary alicyclic amines) is 1. The molecule has 1 fully saturated rings. The van der Waals surface area contributed by atoms with Gasteiger partial charge in [0.2, 0.25) is 0 Å². The van der Waals surface area contributed by atoms with E-state index < -0.39 is 0 Å². The second-order valence-electron chi connectivity index (χ2n) is 8.67. The standard InChI is InChI=1S/C23H28N6O2/c1-15-5-4-6-17-18(13-24-19(15)17)16-7-9-28(10-8-16)11-12-29-14-25-21-20(29)22(30)27(3)23(31)26(21)2/h4-6,13-14,16,24H,7-12H2,1-3H3. The van der Waals surface area contributed by atoms with Gasteiger partial charge in [0.1, 0.15) is 0 Å². The van der Waals surface area contributed by atoms with Crippen LogP contribution in [0.2, 0.25) is 0 Å². The van der Waals surface area contributed by atoms with Crippen LogP contribution in [-0.4, -0.2) is 48.2 Å². The summed E-state index contributed by atoms with van der Waals surface area (Å²) in [5.74, 6) is 0.572. The molecule has 0 unspecified atom stereocenters. The maximum atomic E-state index is 12.6. The van der Waals surface area contributed by atoms with E-state index in [9.17, 15) is 9.59 Å². The highest BCUT2D eigenvalue weighted by Crippen LogP contribution is 2.34. The number of rotatable bonds is 4. The molecule has 1 aliphatic rings. The van der Waals surface area contributed by atoms with Crippen LogP contribution in [0.4, 0.5) is 0 Å². The number of aromatic nitrogens is 5. The molecule has 0 atom stereocenters. The van der Waals surface area contributed by atoms with Crippen LogP contribution in [-0.2, 0) is 20.6 Å². The third kappa shape index (κ3) is 3.22. The predicted molar refractivity (Wildman–Crippen MR) is 122 cm³/mol. The number of aryl methyl sites for hydroxylation is 2. The van der Waals surface area contributed by atoms with Gasteiger partial charge in [0.05, 0.1) is 6.33 Å². The van der Waals surface area contributed by atoms with E-state index in [1.54, 1.807) is 13.4 Å². The minimum absolute atomic E-state index is 0.288. The summed E-state index contributed by atoms with van der Waals surface area (Å²) >= 11 is 0. The van der Waals surface area contributed by atoms with Gasteiger partial charge in [-0.15, -0.1) is 0 Å². The zero-order chi connectivity index (χ0) is 21.7. The maximum Gasteiger partial charge on any atom is 0.332 e. The van der Waals surface area contributed by atoms with E-state index in [4.69, 9.17) is 0 Å². The van der Waals surface area contributed by atoms with Crippen LogP contribution < -0.4 is 11.2 Å². The molecule has 1 saturated heterocycles. The highest BCUT2D eigenvalue weighted by atomic mass is 16.2.